The highest BCUT2D eigenvalue weighted by molar-refractivity contribution is 7.90. The van der Waals surface area contributed by atoms with Crippen molar-refractivity contribution in [3.8, 4) is 0 Å². The largest absolute Gasteiger partial charge is 0.372 e. The summed E-state index contributed by atoms with van der Waals surface area (Å²) in [6, 6.07) is 4.17. The predicted octanol–water partition coefficient (Wildman–Crippen LogP) is 3.35. The molecule has 0 spiro atoms. The van der Waals surface area contributed by atoms with E-state index in [2.05, 4.69) is 41.8 Å². The van der Waals surface area contributed by atoms with E-state index >= 15 is 0 Å². The lowest BCUT2D eigenvalue weighted by atomic mass is 10.1. The second-order valence-electron chi connectivity index (χ2n) is 8.61. The summed E-state index contributed by atoms with van der Waals surface area (Å²) in [5.41, 5.74) is 4.17. The van der Waals surface area contributed by atoms with Crippen molar-refractivity contribution in [2.24, 2.45) is 0 Å². The van der Waals surface area contributed by atoms with E-state index < -0.39 is 15.3 Å². The minimum atomic E-state index is -3.24. The molecule has 1 fully saturated rings. The van der Waals surface area contributed by atoms with Crippen LogP contribution in [-0.2, 0) is 19.6 Å². The van der Waals surface area contributed by atoms with Crippen LogP contribution in [0.25, 0.3) is 0 Å². The minimum absolute atomic E-state index is 0.0504. The molecule has 0 aliphatic carbocycles. The topological polar surface area (TPSA) is 87.7 Å². The van der Waals surface area contributed by atoms with Crippen molar-refractivity contribution >= 4 is 27.3 Å². The Morgan fingerprint density at radius 1 is 1.13 bits per heavy atom. The maximum Gasteiger partial charge on any atom is 0.224 e. The summed E-state index contributed by atoms with van der Waals surface area (Å²) in [5, 5.41) is 2.56. The lowest BCUT2D eigenvalue weighted by Gasteiger charge is -2.38. The number of nitrogens with one attached hydrogen (secondary N) is 2. The van der Waals surface area contributed by atoms with Crippen molar-refractivity contribution in [2.45, 2.75) is 78.3 Å². The SMILES string of the molecule is Cc1cc(N2CC(C)O[C@@H](C)C2)c(C)cc1NC(=O)CCCCNS(=O)(=O)C(C)C. The Labute approximate surface area is 181 Å². The summed E-state index contributed by atoms with van der Waals surface area (Å²) in [7, 11) is -3.24. The first-order valence-electron chi connectivity index (χ1n) is 10.8. The van der Waals surface area contributed by atoms with Crippen LogP contribution in [0.3, 0.4) is 0 Å². The van der Waals surface area contributed by atoms with Crippen LogP contribution in [0, 0.1) is 13.8 Å². The predicted molar refractivity (Wildman–Crippen MR) is 123 cm³/mol. The molecule has 1 aromatic carbocycles. The Kier molecular flexibility index (Phi) is 8.70. The summed E-state index contributed by atoms with van der Waals surface area (Å²) >= 11 is 0. The molecule has 7 nitrogen and oxygen atoms in total. The number of hydrogen-bond donors (Lipinski definition) is 2. The molecular formula is C22H37N3O4S. The van der Waals surface area contributed by atoms with Crippen molar-refractivity contribution < 1.29 is 17.9 Å². The number of aryl methyl sites for hydroxylation is 2. The van der Waals surface area contributed by atoms with Crippen LogP contribution in [0.15, 0.2) is 12.1 Å². The van der Waals surface area contributed by atoms with Gasteiger partial charge in [-0.15, -0.1) is 0 Å². The van der Waals surface area contributed by atoms with Crippen LogP contribution in [0.2, 0.25) is 0 Å². The summed E-state index contributed by atoms with van der Waals surface area (Å²) < 4.78 is 31.8. The number of benzene rings is 1. The van der Waals surface area contributed by atoms with E-state index in [-0.39, 0.29) is 18.1 Å². The molecule has 0 aromatic heterocycles. The van der Waals surface area contributed by atoms with Crippen LogP contribution in [0.1, 0.15) is 58.1 Å². The van der Waals surface area contributed by atoms with Gasteiger partial charge in [-0.05, 0) is 77.6 Å². The third-order valence-electron chi connectivity index (χ3n) is 5.33. The zero-order valence-electron chi connectivity index (χ0n) is 19.1. The highest BCUT2D eigenvalue weighted by Gasteiger charge is 2.24. The van der Waals surface area contributed by atoms with Gasteiger partial charge in [0.05, 0.1) is 17.5 Å². The summed E-state index contributed by atoms with van der Waals surface area (Å²) in [6.45, 7) is 13.6. The second kappa shape index (κ2) is 10.6. The Morgan fingerprint density at radius 3 is 2.37 bits per heavy atom. The average molecular weight is 440 g/mol. The Balaban J connectivity index is 1.88. The molecular weight excluding hydrogens is 402 g/mol. The molecule has 1 aliphatic rings. The number of rotatable bonds is 9. The number of unbranched alkanes of at least 4 members (excludes halogenated alkanes) is 1. The third-order valence-corrected chi connectivity index (χ3v) is 7.18. The van der Waals surface area contributed by atoms with E-state index in [1.807, 2.05) is 13.0 Å². The fraction of sp³-hybridized carbons (Fsp3) is 0.682. The number of carbonyl (C=O) groups excluding carboxylic acids is 1. The van der Waals surface area contributed by atoms with Crippen molar-refractivity contribution in [1.29, 1.82) is 0 Å². The number of hydrogen-bond acceptors (Lipinski definition) is 5. The Morgan fingerprint density at radius 2 is 1.77 bits per heavy atom. The van der Waals surface area contributed by atoms with Gasteiger partial charge in [0.15, 0.2) is 0 Å². The molecule has 1 aromatic rings. The van der Waals surface area contributed by atoms with E-state index in [1.165, 1.54) is 5.69 Å². The van der Waals surface area contributed by atoms with Gasteiger partial charge in [0.25, 0.3) is 0 Å². The van der Waals surface area contributed by atoms with Gasteiger partial charge in [-0.1, -0.05) is 0 Å². The van der Waals surface area contributed by atoms with Gasteiger partial charge in [0.1, 0.15) is 0 Å². The van der Waals surface area contributed by atoms with Crippen molar-refractivity contribution in [3.63, 3.8) is 0 Å². The molecule has 2 N–H and O–H groups in total. The van der Waals surface area contributed by atoms with Gasteiger partial charge in [0, 0.05) is 37.4 Å². The van der Waals surface area contributed by atoms with E-state index in [0.717, 1.165) is 29.9 Å². The molecule has 1 saturated heterocycles. The third kappa shape index (κ3) is 6.96. The standard InChI is InChI=1S/C22H37N3O4S/c1-15(2)30(27,28)23-10-8-7-9-22(26)24-20-11-17(4)21(12-16(20)3)25-13-18(5)29-19(6)14-25/h11-12,15,18-19,23H,7-10,13-14H2,1-6H3,(H,24,26)/t18-,19?/m0/s1. The Bertz CT molecular complexity index is 829. The number of anilines is 2. The summed E-state index contributed by atoms with van der Waals surface area (Å²) in [6.07, 6.45) is 2.01. The quantitative estimate of drug-likeness (QED) is 0.576. The van der Waals surface area contributed by atoms with E-state index in [9.17, 15) is 13.2 Å². The first kappa shape index (κ1) is 24.6. The van der Waals surface area contributed by atoms with Gasteiger partial charge >= 0.3 is 0 Å². The van der Waals surface area contributed by atoms with Gasteiger partial charge in [-0.3, -0.25) is 4.79 Å². The number of nitrogens with zero attached hydrogens (tertiary/aromatic N) is 1. The van der Waals surface area contributed by atoms with E-state index in [1.54, 1.807) is 13.8 Å². The highest BCUT2D eigenvalue weighted by Crippen LogP contribution is 2.29. The van der Waals surface area contributed by atoms with Crippen molar-refractivity contribution in [3.05, 3.63) is 23.3 Å². The maximum absolute atomic E-state index is 12.3. The average Bonchev–Trinajstić information content (AvgIpc) is 2.63. The maximum atomic E-state index is 12.3. The lowest BCUT2D eigenvalue weighted by Crippen LogP contribution is -2.45. The first-order chi connectivity index (χ1) is 14.0. The van der Waals surface area contributed by atoms with Gasteiger partial charge in [-0.2, -0.15) is 0 Å². The molecule has 2 rings (SSSR count). The fourth-order valence-corrected chi connectivity index (χ4v) is 4.42. The molecule has 0 bridgehead atoms. The van der Waals surface area contributed by atoms with Crippen LogP contribution >= 0.6 is 0 Å². The lowest BCUT2D eigenvalue weighted by molar-refractivity contribution is -0.116. The van der Waals surface area contributed by atoms with Crippen molar-refractivity contribution in [1.82, 2.24) is 4.72 Å². The zero-order chi connectivity index (χ0) is 22.5. The molecule has 1 heterocycles. The normalized spacial score (nSPS) is 19.9. The van der Waals surface area contributed by atoms with Crippen LogP contribution in [-0.4, -0.2) is 51.4 Å². The fourth-order valence-electron chi connectivity index (χ4n) is 3.66. The van der Waals surface area contributed by atoms with E-state index in [0.29, 0.717) is 25.8 Å². The molecule has 1 aliphatic heterocycles. The monoisotopic (exact) mass is 439 g/mol. The first-order valence-corrected chi connectivity index (χ1v) is 12.3. The number of sulfonamides is 1. The van der Waals surface area contributed by atoms with Crippen LogP contribution in [0.5, 0.6) is 0 Å². The molecule has 1 amide bonds. The minimum Gasteiger partial charge on any atom is -0.372 e. The summed E-state index contributed by atoms with van der Waals surface area (Å²) in [4.78, 5) is 14.7. The molecule has 0 saturated carbocycles. The van der Waals surface area contributed by atoms with E-state index in [4.69, 9.17) is 4.74 Å². The molecule has 30 heavy (non-hydrogen) atoms. The number of ether oxygens (including phenoxy) is 1. The zero-order valence-corrected chi connectivity index (χ0v) is 19.9. The summed E-state index contributed by atoms with van der Waals surface area (Å²) in [5.74, 6) is -0.0504. The van der Waals surface area contributed by atoms with Crippen molar-refractivity contribution in [2.75, 3.05) is 29.9 Å². The molecule has 2 atom stereocenters. The van der Waals surface area contributed by atoms with Gasteiger partial charge < -0.3 is 15.0 Å². The molecule has 8 heteroatoms. The van der Waals surface area contributed by atoms with Crippen LogP contribution in [0.4, 0.5) is 11.4 Å². The smallest absolute Gasteiger partial charge is 0.224 e. The second-order valence-corrected chi connectivity index (χ2v) is 10.9. The number of amides is 1. The highest BCUT2D eigenvalue weighted by atomic mass is 32.2. The molecule has 1 unspecified atom stereocenters. The number of morpholine rings is 1. The Hall–Kier alpha value is -1.64. The van der Waals surface area contributed by atoms with Crippen LogP contribution < -0.4 is 14.9 Å². The van der Waals surface area contributed by atoms with Gasteiger partial charge in [-0.25, -0.2) is 13.1 Å². The van der Waals surface area contributed by atoms with Gasteiger partial charge in [0.2, 0.25) is 15.9 Å². The number of carbonyl (C=O) groups is 1. The molecule has 0 radical (unpaired) electrons. The molecule has 170 valence electrons.